The summed E-state index contributed by atoms with van der Waals surface area (Å²) in [5.41, 5.74) is 7.24. The standard InChI is InChI=1S/C34H37N7O5/c1-21-26(5-3-7-28(21)36-33(45)30-10-9-23(16-35-30)17-39-12-11-25(42)19-39)27-6-4-8-29(22(27)2)37-34(46)31-15-24-18-40(20-32(43)44)13-14-41(24)38-31/h3-10,15-16,25,42H,11-14,17-20H2,1-2H3,(H,36,45)(H,37,46)(H,43,44)/t25-/m1/s1. The minimum absolute atomic E-state index is 0.0566. The highest BCUT2D eigenvalue weighted by atomic mass is 16.4. The van der Waals surface area contributed by atoms with Gasteiger partial charge in [0.25, 0.3) is 11.8 Å². The van der Waals surface area contributed by atoms with Crippen molar-refractivity contribution >= 4 is 29.2 Å². The lowest BCUT2D eigenvalue weighted by Crippen LogP contribution is -2.37. The Morgan fingerprint density at radius 3 is 2.13 bits per heavy atom. The van der Waals surface area contributed by atoms with E-state index < -0.39 is 5.97 Å². The van der Waals surface area contributed by atoms with Crippen LogP contribution >= 0.6 is 0 Å². The normalized spacial score (nSPS) is 16.6. The Kier molecular flexibility index (Phi) is 8.93. The summed E-state index contributed by atoms with van der Waals surface area (Å²) in [7, 11) is 0. The maximum absolute atomic E-state index is 13.2. The molecule has 0 radical (unpaired) electrons. The van der Waals surface area contributed by atoms with E-state index in [1.165, 1.54) is 0 Å². The Labute approximate surface area is 266 Å². The van der Waals surface area contributed by atoms with E-state index in [1.807, 2.05) is 61.2 Å². The highest BCUT2D eigenvalue weighted by molar-refractivity contribution is 6.05. The number of nitrogens with one attached hydrogen (secondary N) is 2. The lowest BCUT2D eigenvalue weighted by molar-refractivity contribution is -0.138. The van der Waals surface area contributed by atoms with Crippen LogP contribution in [-0.4, -0.2) is 84.8 Å². The molecule has 4 N–H and O–H groups in total. The van der Waals surface area contributed by atoms with Gasteiger partial charge in [-0.3, -0.25) is 33.8 Å². The van der Waals surface area contributed by atoms with Crippen molar-refractivity contribution in [2.24, 2.45) is 0 Å². The van der Waals surface area contributed by atoms with Crippen molar-refractivity contribution in [2.45, 2.75) is 46.0 Å². The SMILES string of the molecule is Cc1c(NC(=O)c2ccc(CN3CC[C@@H](O)C3)cn2)cccc1-c1cccc(NC(=O)c2cc3n(n2)CCN(CC(=O)O)C3)c1C. The topological polar surface area (TPSA) is 153 Å². The molecule has 46 heavy (non-hydrogen) atoms. The summed E-state index contributed by atoms with van der Waals surface area (Å²) in [4.78, 5) is 45.8. The predicted molar refractivity (Wildman–Crippen MR) is 173 cm³/mol. The quantitative estimate of drug-likeness (QED) is 0.219. The number of benzene rings is 2. The molecule has 238 valence electrons. The highest BCUT2D eigenvalue weighted by Gasteiger charge is 2.23. The van der Waals surface area contributed by atoms with Crippen LogP contribution in [0, 0.1) is 13.8 Å². The maximum Gasteiger partial charge on any atom is 0.317 e. The number of aliphatic hydroxyl groups is 1. The summed E-state index contributed by atoms with van der Waals surface area (Å²) < 4.78 is 1.75. The smallest absolute Gasteiger partial charge is 0.317 e. The Balaban J connectivity index is 1.14. The molecule has 0 saturated carbocycles. The molecule has 2 amide bonds. The second kappa shape index (κ2) is 13.2. The summed E-state index contributed by atoms with van der Waals surface area (Å²) in [5.74, 6) is -1.54. The number of aliphatic carboxylic acids is 1. The number of rotatable bonds is 9. The number of fused-ring (bicyclic) bond motifs is 1. The average molecular weight is 624 g/mol. The number of likely N-dealkylation sites (tertiary alicyclic amines) is 1. The van der Waals surface area contributed by atoms with E-state index in [1.54, 1.807) is 23.0 Å². The van der Waals surface area contributed by atoms with Crippen LogP contribution in [0.5, 0.6) is 0 Å². The third-order valence-electron chi connectivity index (χ3n) is 8.63. The Hall–Kier alpha value is -4.91. The Morgan fingerprint density at radius 2 is 1.54 bits per heavy atom. The first kappa shape index (κ1) is 31.1. The van der Waals surface area contributed by atoms with Crippen LogP contribution in [-0.2, 0) is 24.4 Å². The van der Waals surface area contributed by atoms with Crippen LogP contribution in [0.1, 0.15) is 49.8 Å². The number of anilines is 2. The van der Waals surface area contributed by atoms with Crippen molar-refractivity contribution in [3.8, 4) is 11.1 Å². The van der Waals surface area contributed by atoms with E-state index in [0.29, 0.717) is 49.8 Å². The van der Waals surface area contributed by atoms with E-state index in [-0.39, 0.29) is 30.2 Å². The number of aromatic nitrogens is 3. The molecule has 0 spiro atoms. The summed E-state index contributed by atoms with van der Waals surface area (Å²) in [5, 5.41) is 29.3. The molecule has 0 bridgehead atoms. The number of hydrogen-bond acceptors (Lipinski definition) is 8. The highest BCUT2D eigenvalue weighted by Crippen LogP contribution is 2.34. The van der Waals surface area contributed by atoms with Gasteiger partial charge in [-0.15, -0.1) is 0 Å². The minimum atomic E-state index is -0.886. The van der Waals surface area contributed by atoms with Crippen molar-refractivity contribution in [3.63, 3.8) is 0 Å². The van der Waals surface area contributed by atoms with Crippen LogP contribution < -0.4 is 10.6 Å². The number of carbonyl (C=O) groups excluding carboxylic acids is 2. The minimum Gasteiger partial charge on any atom is -0.480 e. The summed E-state index contributed by atoms with van der Waals surface area (Å²) in [6.45, 7) is 7.48. The van der Waals surface area contributed by atoms with Gasteiger partial charge < -0.3 is 20.8 Å². The van der Waals surface area contributed by atoms with E-state index in [0.717, 1.165) is 46.5 Å². The summed E-state index contributed by atoms with van der Waals surface area (Å²) in [6.07, 6.45) is 2.20. The lowest BCUT2D eigenvalue weighted by Gasteiger charge is -2.25. The first-order valence-electron chi connectivity index (χ1n) is 15.3. The molecular weight excluding hydrogens is 586 g/mol. The van der Waals surface area contributed by atoms with Gasteiger partial charge in [0, 0.05) is 50.3 Å². The fraction of sp³-hybridized carbons (Fsp3) is 0.324. The third kappa shape index (κ3) is 6.84. The van der Waals surface area contributed by atoms with Crippen LogP contribution in [0.4, 0.5) is 11.4 Å². The van der Waals surface area contributed by atoms with E-state index in [4.69, 9.17) is 5.11 Å². The molecule has 2 aromatic carbocycles. The van der Waals surface area contributed by atoms with E-state index >= 15 is 0 Å². The molecule has 0 aliphatic carbocycles. The molecule has 4 aromatic rings. The first-order valence-corrected chi connectivity index (χ1v) is 15.3. The molecule has 2 aliphatic rings. The largest absolute Gasteiger partial charge is 0.480 e. The molecule has 0 unspecified atom stereocenters. The molecule has 1 atom stereocenters. The second-order valence-corrected chi connectivity index (χ2v) is 11.9. The molecule has 2 aliphatic heterocycles. The van der Waals surface area contributed by atoms with Crippen LogP contribution in [0.15, 0.2) is 60.8 Å². The number of carboxylic acid groups (broad SMARTS) is 1. The van der Waals surface area contributed by atoms with Crippen molar-refractivity contribution in [1.82, 2.24) is 24.6 Å². The Bertz CT molecular complexity index is 1790. The molecular formula is C34H37N7O5. The second-order valence-electron chi connectivity index (χ2n) is 11.9. The van der Waals surface area contributed by atoms with Crippen LogP contribution in [0.3, 0.4) is 0 Å². The molecule has 12 heteroatoms. The zero-order valence-electron chi connectivity index (χ0n) is 25.9. The number of nitrogens with zero attached hydrogens (tertiary/aromatic N) is 5. The monoisotopic (exact) mass is 623 g/mol. The molecule has 1 fully saturated rings. The van der Waals surface area contributed by atoms with Gasteiger partial charge in [-0.1, -0.05) is 30.3 Å². The van der Waals surface area contributed by atoms with E-state index in [2.05, 4.69) is 25.6 Å². The predicted octanol–water partition coefficient (Wildman–Crippen LogP) is 3.53. The number of hydrogen-bond donors (Lipinski definition) is 4. The average Bonchev–Trinajstić information content (AvgIpc) is 3.65. The van der Waals surface area contributed by atoms with Gasteiger partial charge in [0.15, 0.2) is 5.69 Å². The van der Waals surface area contributed by atoms with Gasteiger partial charge in [0.1, 0.15) is 5.69 Å². The molecule has 4 heterocycles. The number of carboxylic acids is 1. The number of β-amino-alcohol motifs (C(OH)–C–C–N with tert-alkyl or cyclic N) is 1. The van der Waals surface area contributed by atoms with Gasteiger partial charge in [-0.05, 0) is 72.4 Å². The molecule has 1 saturated heterocycles. The van der Waals surface area contributed by atoms with Crippen molar-refractivity contribution in [1.29, 1.82) is 0 Å². The zero-order chi connectivity index (χ0) is 32.4. The fourth-order valence-electron chi connectivity index (χ4n) is 6.12. The number of carbonyl (C=O) groups is 3. The molecule has 6 rings (SSSR count). The van der Waals surface area contributed by atoms with Crippen molar-refractivity contribution in [3.05, 3.63) is 94.6 Å². The zero-order valence-corrected chi connectivity index (χ0v) is 25.9. The fourth-order valence-corrected chi connectivity index (χ4v) is 6.12. The van der Waals surface area contributed by atoms with Gasteiger partial charge in [-0.25, -0.2) is 0 Å². The van der Waals surface area contributed by atoms with Crippen molar-refractivity contribution < 1.29 is 24.6 Å². The summed E-state index contributed by atoms with van der Waals surface area (Å²) >= 11 is 0. The van der Waals surface area contributed by atoms with Crippen LogP contribution in [0.25, 0.3) is 11.1 Å². The number of pyridine rings is 1. The van der Waals surface area contributed by atoms with Crippen LogP contribution in [0.2, 0.25) is 0 Å². The Morgan fingerprint density at radius 1 is 0.870 bits per heavy atom. The van der Waals surface area contributed by atoms with Crippen molar-refractivity contribution in [2.75, 3.05) is 36.8 Å². The van der Waals surface area contributed by atoms with Gasteiger partial charge >= 0.3 is 5.97 Å². The van der Waals surface area contributed by atoms with E-state index in [9.17, 15) is 19.5 Å². The first-order chi connectivity index (χ1) is 22.1. The lowest BCUT2D eigenvalue weighted by atomic mass is 9.94. The third-order valence-corrected chi connectivity index (χ3v) is 8.63. The number of aliphatic hydroxyl groups excluding tert-OH is 1. The summed E-state index contributed by atoms with van der Waals surface area (Å²) in [6, 6.07) is 16.7. The molecule has 2 aromatic heterocycles. The van der Waals surface area contributed by atoms with Gasteiger partial charge in [0.05, 0.1) is 24.9 Å². The van der Waals surface area contributed by atoms with Gasteiger partial charge in [0.2, 0.25) is 0 Å². The van der Waals surface area contributed by atoms with Gasteiger partial charge in [-0.2, -0.15) is 5.10 Å². The maximum atomic E-state index is 13.2. The number of amides is 2. The molecule has 12 nitrogen and oxygen atoms in total.